The van der Waals surface area contributed by atoms with Crippen molar-refractivity contribution in [3.63, 3.8) is 0 Å². The zero-order valence-electron chi connectivity index (χ0n) is 7.37. The van der Waals surface area contributed by atoms with Gasteiger partial charge in [0.1, 0.15) is 5.75 Å². The molecule has 1 aromatic rings. The van der Waals surface area contributed by atoms with Crippen LogP contribution in [0.2, 0.25) is 0 Å². The number of hydrogen-bond acceptors (Lipinski definition) is 3. The average Bonchev–Trinajstić information content (AvgIpc) is 2.19. The first kappa shape index (κ1) is 10.5. The molecule has 0 heterocycles. The number of nitriles is 1. The van der Waals surface area contributed by atoms with Gasteiger partial charge in [0.25, 0.3) is 5.91 Å². The standard InChI is InChI=1S/C9H7BrN2O2/c1-14-6-2-3-8(10)7(4-6)9(13)12-5-11/h2-4H,1H3,(H,12,13). The van der Waals surface area contributed by atoms with E-state index in [9.17, 15) is 4.79 Å². The molecule has 0 radical (unpaired) electrons. The molecule has 5 heteroatoms. The number of nitrogens with one attached hydrogen (secondary N) is 1. The summed E-state index contributed by atoms with van der Waals surface area (Å²) in [6, 6.07) is 4.95. The molecule has 0 atom stereocenters. The maximum absolute atomic E-state index is 11.3. The summed E-state index contributed by atoms with van der Waals surface area (Å²) in [4.78, 5) is 11.3. The number of carbonyl (C=O) groups is 1. The fraction of sp³-hybridized carbons (Fsp3) is 0.111. The maximum atomic E-state index is 11.3. The van der Waals surface area contributed by atoms with Crippen LogP contribution in [0.5, 0.6) is 5.75 Å². The second-order valence-electron chi connectivity index (χ2n) is 2.41. The van der Waals surface area contributed by atoms with E-state index in [0.29, 0.717) is 15.8 Å². The Bertz CT molecular complexity index is 398. The molecule has 14 heavy (non-hydrogen) atoms. The fourth-order valence-corrected chi connectivity index (χ4v) is 1.35. The lowest BCUT2D eigenvalue weighted by atomic mass is 10.2. The Morgan fingerprint density at radius 3 is 2.93 bits per heavy atom. The van der Waals surface area contributed by atoms with Crippen LogP contribution in [-0.4, -0.2) is 13.0 Å². The van der Waals surface area contributed by atoms with Gasteiger partial charge >= 0.3 is 0 Å². The SMILES string of the molecule is COc1ccc(Br)c(C(=O)NC#N)c1. The van der Waals surface area contributed by atoms with Crippen LogP contribution in [0.25, 0.3) is 0 Å². The highest BCUT2D eigenvalue weighted by atomic mass is 79.9. The second kappa shape index (κ2) is 4.63. The van der Waals surface area contributed by atoms with E-state index in [1.165, 1.54) is 7.11 Å². The maximum Gasteiger partial charge on any atom is 0.265 e. The molecule has 0 saturated heterocycles. The Hall–Kier alpha value is -1.54. The second-order valence-corrected chi connectivity index (χ2v) is 3.27. The van der Waals surface area contributed by atoms with Gasteiger partial charge in [-0.15, -0.1) is 0 Å². The van der Waals surface area contributed by atoms with Crippen molar-refractivity contribution in [3.8, 4) is 11.9 Å². The first-order chi connectivity index (χ1) is 6.69. The highest BCUT2D eigenvalue weighted by molar-refractivity contribution is 9.10. The minimum Gasteiger partial charge on any atom is -0.497 e. The van der Waals surface area contributed by atoms with Crippen LogP contribution in [0, 0.1) is 11.5 Å². The van der Waals surface area contributed by atoms with Gasteiger partial charge < -0.3 is 4.74 Å². The number of nitrogens with zero attached hydrogens (tertiary/aromatic N) is 1. The third-order valence-electron chi connectivity index (χ3n) is 1.59. The van der Waals surface area contributed by atoms with Gasteiger partial charge in [0.05, 0.1) is 12.7 Å². The van der Waals surface area contributed by atoms with Crippen LogP contribution in [0.1, 0.15) is 10.4 Å². The zero-order valence-corrected chi connectivity index (χ0v) is 8.96. The summed E-state index contributed by atoms with van der Waals surface area (Å²) in [5.41, 5.74) is 0.367. The summed E-state index contributed by atoms with van der Waals surface area (Å²) >= 11 is 3.20. The number of carbonyl (C=O) groups excluding carboxylic acids is 1. The number of rotatable bonds is 2. The van der Waals surface area contributed by atoms with Gasteiger partial charge in [-0.1, -0.05) is 0 Å². The van der Waals surface area contributed by atoms with Crippen molar-refractivity contribution < 1.29 is 9.53 Å². The van der Waals surface area contributed by atoms with Gasteiger partial charge in [0.2, 0.25) is 0 Å². The molecule has 1 amide bonds. The van der Waals surface area contributed by atoms with E-state index in [2.05, 4.69) is 15.9 Å². The van der Waals surface area contributed by atoms with E-state index in [4.69, 9.17) is 10.00 Å². The molecule has 0 fully saturated rings. The molecule has 1 rings (SSSR count). The molecule has 1 N–H and O–H groups in total. The van der Waals surface area contributed by atoms with Gasteiger partial charge in [0.15, 0.2) is 6.19 Å². The average molecular weight is 255 g/mol. The molecule has 1 aromatic carbocycles. The Labute approximate surface area is 89.6 Å². The molecule has 0 aliphatic carbocycles. The van der Waals surface area contributed by atoms with Crippen LogP contribution < -0.4 is 10.1 Å². The number of ether oxygens (including phenoxy) is 1. The quantitative estimate of drug-likeness (QED) is 0.645. The molecular weight excluding hydrogens is 248 g/mol. The highest BCUT2D eigenvalue weighted by Crippen LogP contribution is 2.22. The molecule has 0 bridgehead atoms. The van der Waals surface area contributed by atoms with E-state index in [-0.39, 0.29) is 0 Å². The van der Waals surface area contributed by atoms with E-state index >= 15 is 0 Å². The first-order valence-corrected chi connectivity index (χ1v) is 4.51. The van der Waals surface area contributed by atoms with Crippen molar-refractivity contribution in [2.24, 2.45) is 0 Å². The van der Waals surface area contributed by atoms with Gasteiger partial charge in [-0.3, -0.25) is 10.1 Å². The molecule has 72 valence electrons. The Balaban J connectivity index is 3.07. The number of halogens is 1. The molecule has 0 aromatic heterocycles. The molecule has 4 nitrogen and oxygen atoms in total. The van der Waals surface area contributed by atoms with E-state index in [1.807, 2.05) is 5.32 Å². The lowest BCUT2D eigenvalue weighted by Gasteiger charge is -2.04. The summed E-state index contributed by atoms with van der Waals surface area (Å²) in [7, 11) is 1.51. The van der Waals surface area contributed by atoms with E-state index in [0.717, 1.165) is 0 Å². The van der Waals surface area contributed by atoms with Crippen LogP contribution in [0.15, 0.2) is 22.7 Å². The molecule has 0 saturated carbocycles. The van der Waals surface area contributed by atoms with Crippen LogP contribution in [-0.2, 0) is 0 Å². The summed E-state index contributed by atoms with van der Waals surface area (Å²) in [5.74, 6) is 0.106. The third-order valence-corrected chi connectivity index (χ3v) is 2.28. The minimum absolute atomic E-state index is 0.367. The van der Waals surface area contributed by atoms with Crippen molar-refractivity contribution in [2.75, 3.05) is 7.11 Å². The largest absolute Gasteiger partial charge is 0.497 e. The first-order valence-electron chi connectivity index (χ1n) is 3.72. The molecular formula is C9H7BrN2O2. The van der Waals surface area contributed by atoms with Gasteiger partial charge in [0, 0.05) is 4.47 Å². The number of amides is 1. The summed E-state index contributed by atoms with van der Waals surface area (Å²) in [5, 5.41) is 10.3. The van der Waals surface area contributed by atoms with Crippen molar-refractivity contribution in [1.82, 2.24) is 5.32 Å². The monoisotopic (exact) mass is 254 g/mol. The van der Waals surface area contributed by atoms with E-state index in [1.54, 1.807) is 24.4 Å². The topological polar surface area (TPSA) is 62.1 Å². The Morgan fingerprint density at radius 1 is 1.64 bits per heavy atom. The predicted molar refractivity (Wildman–Crippen MR) is 53.8 cm³/mol. The van der Waals surface area contributed by atoms with Crippen molar-refractivity contribution in [3.05, 3.63) is 28.2 Å². The van der Waals surface area contributed by atoms with Crippen molar-refractivity contribution in [1.29, 1.82) is 5.26 Å². The van der Waals surface area contributed by atoms with Gasteiger partial charge in [-0.25, -0.2) is 0 Å². The summed E-state index contributed by atoms with van der Waals surface area (Å²) < 4.78 is 5.57. The van der Waals surface area contributed by atoms with Gasteiger partial charge in [-0.05, 0) is 34.1 Å². The normalized spacial score (nSPS) is 8.93. The number of methoxy groups -OCH3 is 1. The Kier molecular flexibility index (Phi) is 3.48. The summed E-state index contributed by atoms with van der Waals surface area (Å²) in [6.45, 7) is 0. The highest BCUT2D eigenvalue weighted by Gasteiger charge is 2.10. The zero-order chi connectivity index (χ0) is 10.6. The van der Waals surface area contributed by atoms with Crippen LogP contribution in [0.4, 0.5) is 0 Å². The summed E-state index contributed by atoms with van der Waals surface area (Å²) in [6.07, 6.45) is 1.57. The Morgan fingerprint density at radius 2 is 2.36 bits per heavy atom. The van der Waals surface area contributed by atoms with Crippen LogP contribution >= 0.6 is 15.9 Å². The van der Waals surface area contributed by atoms with E-state index < -0.39 is 5.91 Å². The van der Waals surface area contributed by atoms with Gasteiger partial charge in [-0.2, -0.15) is 5.26 Å². The molecule has 0 unspecified atom stereocenters. The fourth-order valence-electron chi connectivity index (χ4n) is 0.923. The predicted octanol–water partition coefficient (Wildman–Crippen LogP) is 1.67. The van der Waals surface area contributed by atoms with Crippen molar-refractivity contribution >= 4 is 21.8 Å². The minimum atomic E-state index is -0.460. The molecule has 0 aliphatic heterocycles. The smallest absolute Gasteiger partial charge is 0.265 e. The molecule has 0 spiro atoms. The third kappa shape index (κ3) is 2.24. The van der Waals surface area contributed by atoms with Crippen LogP contribution in [0.3, 0.4) is 0 Å². The number of hydrogen-bond donors (Lipinski definition) is 1. The number of benzene rings is 1. The molecule has 0 aliphatic rings. The van der Waals surface area contributed by atoms with Crippen molar-refractivity contribution in [2.45, 2.75) is 0 Å². The lowest BCUT2D eigenvalue weighted by molar-refractivity contribution is 0.0972. The lowest BCUT2D eigenvalue weighted by Crippen LogP contribution is -2.17.